The fourth-order valence-electron chi connectivity index (χ4n) is 1.83. The van der Waals surface area contributed by atoms with E-state index in [9.17, 15) is 0 Å². The Labute approximate surface area is 106 Å². The maximum absolute atomic E-state index is 5.62. The second-order valence-corrected chi connectivity index (χ2v) is 5.02. The first kappa shape index (κ1) is 12.8. The van der Waals surface area contributed by atoms with E-state index in [0.29, 0.717) is 13.2 Å². The third-order valence-corrected chi connectivity index (χ3v) is 3.51. The van der Waals surface area contributed by atoms with Gasteiger partial charge in [0.05, 0.1) is 31.6 Å². The summed E-state index contributed by atoms with van der Waals surface area (Å²) in [6, 6.07) is 0. The van der Waals surface area contributed by atoms with E-state index in [1.807, 2.05) is 7.05 Å². The van der Waals surface area contributed by atoms with Crippen molar-refractivity contribution in [2.45, 2.75) is 12.6 Å². The van der Waals surface area contributed by atoms with Crippen molar-refractivity contribution < 1.29 is 9.47 Å². The van der Waals surface area contributed by atoms with Crippen LogP contribution in [-0.2, 0) is 16.0 Å². The van der Waals surface area contributed by atoms with E-state index in [4.69, 9.17) is 9.47 Å². The van der Waals surface area contributed by atoms with Gasteiger partial charge in [-0.15, -0.1) is 11.3 Å². The lowest BCUT2D eigenvalue weighted by Crippen LogP contribution is -2.38. The van der Waals surface area contributed by atoms with Gasteiger partial charge in [0, 0.05) is 25.5 Å². The molecule has 2 heterocycles. The second kappa shape index (κ2) is 6.30. The van der Waals surface area contributed by atoms with Crippen LogP contribution in [0.2, 0.25) is 0 Å². The van der Waals surface area contributed by atoms with Crippen LogP contribution >= 0.6 is 11.3 Å². The Balaban J connectivity index is 1.77. The van der Waals surface area contributed by atoms with Crippen molar-refractivity contribution in [2.24, 2.45) is 0 Å². The zero-order valence-corrected chi connectivity index (χ0v) is 11.1. The number of likely N-dealkylation sites (N-methyl/N-ethyl adjacent to an activating group) is 1. The first-order valence-electron chi connectivity index (χ1n) is 5.78. The van der Waals surface area contributed by atoms with E-state index in [1.54, 1.807) is 11.3 Å². The van der Waals surface area contributed by atoms with Crippen LogP contribution in [-0.4, -0.2) is 56.4 Å². The Kier molecular flexibility index (Phi) is 4.73. The summed E-state index contributed by atoms with van der Waals surface area (Å²) in [5.41, 5.74) is 1.10. The summed E-state index contributed by atoms with van der Waals surface area (Å²) in [6.07, 6.45) is 0.191. The number of hydrogen-bond acceptors (Lipinski definition) is 6. The third-order valence-electron chi connectivity index (χ3n) is 2.60. The predicted octanol–water partition coefficient (Wildman–Crippen LogP) is 1.03. The van der Waals surface area contributed by atoms with Crippen molar-refractivity contribution in [3.8, 4) is 0 Å². The number of thiazole rings is 1. The number of aromatic nitrogens is 1. The molecule has 2 rings (SSSR count). The van der Waals surface area contributed by atoms with Gasteiger partial charge in [0.25, 0.3) is 0 Å². The number of ether oxygens (including phenoxy) is 2. The zero-order chi connectivity index (χ0) is 12.1. The smallest absolute Gasteiger partial charge is 0.182 e. The van der Waals surface area contributed by atoms with Crippen LogP contribution in [0.15, 0.2) is 5.38 Å². The maximum Gasteiger partial charge on any atom is 0.182 e. The highest BCUT2D eigenvalue weighted by molar-refractivity contribution is 7.13. The van der Waals surface area contributed by atoms with Gasteiger partial charge in [-0.05, 0) is 7.05 Å². The quantitative estimate of drug-likeness (QED) is 0.854. The molecule has 0 amide bonds. The predicted molar refractivity (Wildman–Crippen MR) is 68.6 cm³/mol. The average Bonchev–Trinajstić information content (AvgIpc) is 2.78. The number of anilines is 1. The van der Waals surface area contributed by atoms with Crippen molar-refractivity contribution >= 4 is 16.5 Å². The first-order chi connectivity index (χ1) is 8.28. The van der Waals surface area contributed by atoms with E-state index in [0.717, 1.165) is 30.5 Å². The minimum absolute atomic E-state index is 0.191. The summed E-state index contributed by atoms with van der Waals surface area (Å²) < 4.78 is 11.0. The van der Waals surface area contributed by atoms with Gasteiger partial charge >= 0.3 is 0 Å². The summed E-state index contributed by atoms with van der Waals surface area (Å²) in [6.45, 7) is 3.85. The molecule has 0 bridgehead atoms. The van der Waals surface area contributed by atoms with Gasteiger partial charge < -0.3 is 14.8 Å². The fourth-order valence-corrected chi connectivity index (χ4v) is 2.49. The number of nitrogens with one attached hydrogen (secondary N) is 1. The minimum Gasteiger partial charge on any atom is -0.376 e. The van der Waals surface area contributed by atoms with E-state index in [1.165, 1.54) is 0 Å². The van der Waals surface area contributed by atoms with Crippen LogP contribution in [0.1, 0.15) is 5.69 Å². The molecule has 0 radical (unpaired) electrons. The van der Waals surface area contributed by atoms with Crippen molar-refractivity contribution in [1.82, 2.24) is 9.88 Å². The van der Waals surface area contributed by atoms with E-state index in [2.05, 4.69) is 27.6 Å². The van der Waals surface area contributed by atoms with E-state index < -0.39 is 0 Å². The summed E-state index contributed by atoms with van der Waals surface area (Å²) in [5.74, 6) is 0. The Hall–Kier alpha value is -0.690. The molecule has 1 atom stereocenters. The van der Waals surface area contributed by atoms with Crippen LogP contribution < -0.4 is 5.32 Å². The molecule has 0 saturated carbocycles. The molecular weight excluding hydrogens is 238 g/mol. The lowest BCUT2D eigenvalue weighted by atomic mass is 10.3. The molecule has 5 nitrogen and oxygen atoms in total. The second-order valence-electron chi connectivity index (χ2n) is 4.16. The largest absolute Gasteiger partial charge is 0.376 e. The molecule has 1 aliphatic heterocycles. The zero-order valence-electron chi connectivity index (χ0n) is 10.3. The number of rotatable bonds is 5. The molecule has 0 spiro atoms. The highest BCUT2D eigenvalue weighted by atomic mass is 32.1. The topological polar surface area (TPSA) is 46.6 Å². The number of hydrogen-bond donors (Lipinski definition) is 1. The molecule has 1 aliphatic rings. The van der Waals surface area contributed by atoms with Crippen LogP contribution in [0.3, 0.4) is 0 Å². The molecule has 0 aromatic carbocycles. The van der Waals surface area contributed by atoms with Crippen LogP contribution in [0.25, 0.3) is 0 Å². The van der Waals surface area contributed by atoms with Crippen molar-refractivity contribution in [3.05, 3.63) is 11.1 Å². The third kappa shape index (κ3) is 3.92. The van der Waals surface area contributed by atoms with Gasteiger partial charge in [0.15, 0.2) is 5.13 Å². The lowest BCUT2D eigenvalue weighted by Gasteiger charge is -2.27. The van der Waals surface area contributed by atoms with E-state index >= 15 is 0 Å². The number of nitrogens with zero attached hydrogens (tertiary/aromatic N) is 2. The van der Waals surface area contributed by atoms with Gasteiger partial charge in [0.2, 0.25) is 0 Å². The average molecular weight is 257 g/mol. The fraction of sp³-hybridized carbons (Fsp3) is 0.727. The molecule has 17 heavy (non-hydrogen) atoms. The summed E-state index contributed by atoms with van der Waals surface area (Å²) in [4.78, 5) is 6.67. The Morgan fingerprint density at radius 1 is 1.59 bits per heavy atom. The molecule has 1 saturated heterocycles. The van der Waals surface area contributed by atoms with E-state index in [-0.39, 0.29) is 6.10 Å². The van der Waals surface area contributed by atoms with Crippen LogP contribution in [0.5, 0.6) is 0 Å². The summed E-state index contributed by atoms with van der Waals surface area (Å²) in [5, 5.41) is 6.09. The molecule has 1 N–H and O–H groups in total. The normalized spacial score (nSPS) is 20.8. The lowest BCUT2D eigenvalue weighted by molar-refractivity contribution is -0.0963. The molecule has 96 valence electrons. The Morgan fingerprint density at radius 3 is 3.12 bits per heavy atom. The Morgan fingerprint density at radius 2 is 2.47 bits per heavy atom. The monoisotopic (exact) mass is 257 g/mol. The SMILES string of the molecule is CNc1nc(CN(C)CC2COCCO2)cs1. The standard InChI is InChI=1S/C11H19N3O2S/c1-12-11-13-9(8-17-11)5-14(2)6-10-7-15-3-4-16-10/h8,10H,3-7H2,1-2H3,(H,12,13). The van der Waals surface area contributed by atoms with Gasteiger partial charge in [-0.25, -0.2) is 4.98 Å². The highest BCUT2D eigenvalue weighted by Gasteiger charge is 2.16. The minimum atomic E-state index is 0.191. The van der Waals surface area contributed by atoms with Gasteiger partial charge in [-0.3, -0.25) is 4.90 Å². The molecule has 1 unspecified atom stereocenters. The first-order valence-corrected chi connectivity index (χ1v) is 6.66. The summed E-state index contributed by atoms with van der Waals surface area (Å²) in [7, 11) is 3.97. The van der Waals surface area contributed by atoms with Gasteiger partial charge in [0.1, 0.15) is 0 Å². The molecule has 1 aromatic heterocycles. The Bertz CT molecular complexity index is 339. The van der Waals surface area contributed by atoms with Crippen LogP contribution in [0, 0.1) is 0 Å². The summed E-state index contributed by atoms with van der Waals surface area (Å²) >= 11 is 1.63. The molecule has 1 fully saturated rings. The van der Waals surface area contributed by atoms with Crippen molar-refractivity contribution in [2.75, 3.05) is 45.8 Å². The maximum atomic E-state index is 5.62. The van der Waals surface area contributed by atoms with Crippen molar-refractivity contribution in [3.63, 3.8) is 0 Å². The van der Waals surface area contributed by atoms with Gasteiger partial charge in [-0.1, -0.05) is 0 Å². The molecular formula is C11H19N3O2S. The molecule has 1 aromatic rings. The van der Waals surface area contributed by atoms with Gasteiger partial charge in [-0.2, -0.15) is 0 Å². The molecule has 0 aliphatic carbocycles. The highest BCUT2D eigenvalue weighted by Crippen LogP contribution is 2.15. The molecule has 6 heteroatoms. The van der Waals surface area contributed by atoms with Crippen LogP contribution in [0.4, 0.5) is 5.13 Å². The van der Waals surface area contributed by atoms with Crippen molar-refractivity contribution in [1.29, 1.82) is 0 Å².